The number of aromatic nitrogens is 2. The van der Waals surface area contributed by atoms with Gasteiger partial charge in [0.2, 0.25) is 5.91 Å². The first-order chi connectivity index (χ1) is 13.1. The lowest BCUT2D eigenvalue weighted by molar-refractivity contribution is -0.122. The number of aryl methyl sites for hydroxylation is 1. The number of hydrogen-bond donors (Lipinski definition) is 1. The fourth-order valence-electron chi connectivity index (χ4n) is 3.24. The topological polar surface area (TPSA) is 77.1 Å². The van der Waals surface area contributed by atoms with E-state index in [1.54, 1.807) is 0 Å². The van der Waals surface area contributed by atoms with E-state index < -0.39 is 5.76 Å². The van der Waals surface area contributed by atoms with E-state index in [0.29, 0.717) is 11.7 Å². The van der Waals surface area contributed by atoms with Crippen molar-refractivity contribution in [3.05, 3.63) is 76.3 Å². The van der Waals surface area contributed by atoms with Crippen molar-refractivity contribution in [1.29, 1.82) is 0 Å². The molecule has 1 fully saturated rings. The first-order valence-electron chi connectivity index (χ1n) is 9.09. The Morgan fingerprint density at radius 1 is 1.19 bits per heavy atom. The number of amides is 1. The zero-order chi connectivity index (χ0) is 18.8. The van der Waals surface area contributed by atoms with Crippen LogP contribution in [0.25, 0.3) is 11.4 Å². The van der Waals surface area contributed by atoms with Gasteiger partial charge in [0.15, 0.2) is 5.82 Å². The number of rotatable bonds is 6. The molecule has 0 saturated heterocycles. The smallest absolute Gasteiger partial charge is 0.347 e. The Labute approximate surface area is 156 Å². The fourth-order valence-corrected chi connectivity index (χ4v) is 3.24. The predicted molar refractivity (Wildman–Crippen MR) is 101 cm³/mol. The minimum atomic E-state index is -0.637. The predicted octanol–water partition coefficient (Wildman–Crippen LogP) is 3.08. The second-order valence-corrected chi connectivity index (χ2v) is 7.02. The number of carbonyl (C=O) groups is 1. The Morgan fingerprint density at radius 2 is 1.89 bits per heavy atom. The maximum absolute atomic E-state index is 12.7. The van der Waals surface area contributed by atoms with E-state index in [1.807, 2.05) is 37.3 Å². The standard InChI is InChI=1S/C21H21N3O3/c1-14-7-9-15(10-8-14)19(16-11-12-16)22-18(25)13-24-20(23-27-21(24)26)17-5-3-2-4-6-17/h2-10,16,19H,11-13H2,1H3,(H,22,25). The van der Waals surface area contributed by atoms with Gasteiger partial charge in [0.05, 0.1) is 6.04 Å². The molecule has 1 unspecified atom stereocenters. The summed E-state index contributed by atoms with van der Waals surface area (Å²) in [6.45, 7) is 1.92. The van der Waals surface area contributed by atoms with E-state index in [4.69, 9.17) is 4.52 Å². The van der Waals surface area contributed by atoms with Crippen LogP contribution in [0.3, 0.4) is 0 Å². The minimum Gasteiger partial charge on any atom is -0.347 e. The Kier molecular flexibility index (Phi) is 4.62. The summed E-state index contributed by atoms with van der Waals surface area (Å²) in [5, 5.41) is 6.92. The van der Waals surface area contributed by atoms with Crippen molar-refractivity contribution in [3.63, 3.8) is 0 Å². The van der Waals surface area contributed by atoms with Crippen LogP contribution in [0.5, 0.6) is 0 Å². The maximum Gasteiger partial charge on any atom is 0.442 e. The molecule has 6 heteroatoms. The quantitative estimate of drug-likeness (QED) is 0.730. The SMILES string of the molecule is Cc1ccc(C(NC(=O)Cn2c(-c3ccccc3)noc2=O)C2CC2)cc1. The molecule has 6 nitrogen and oxygen atoms in total. The summed E-state index contributed by atoms with van der Waals surface area (Å²) < 4.78 is 6.06. The van der Waals surface area contributed by atoms with Crippen molar-refractivity contribution >= 4 is 5.91 Å². The molecule has 1 saturated carbocycles. The summed E-state index contributed by atoms with van der Waals surface area (Å²) in [5.74, 6) is -0.0595. The molecule has 2 aromatic carbocycles. The zero-order valence-electron chi connectivity index (χ0n) is 15.1. The third-order valence-electron chi connectivity index (χ3n) is 4.87. The molecule has 4 rings (SSSR count). The number of benzene rings is 2. The molecule has 1 aliphatic carbocycles. The molecule has 1 heterocycles. The highest BCUT2D eigenvalue weighted by Crippen LogP contribution is 2.41. The Hall–Kier alpha value is -3.15. The van der Waals surface area contributed by atoms with Gasteiger partial charge in [-0.15, -0.1) is 0 Å². The summed E-state index contributed by atoms with van der Waals surface area (Å²) in [5.41, 5.74) is 3.01. The largest absolute Gasteiger partial charge is 0.442 e. The van der Waals surface area contributed by atoms with Crippen LogP contribution in [0, 0.1) is 12.8 Å². The highest BCUT2D eigenvalue weighted by atomic mass is 16.5. The van der Waals surface area contributed by atoms with Crippen molar-refractivity contribution < 1.29 is 9.32 Å². The van der Waals surface area contributed by atoms with Gasteiger partial charge in [0.25, 0.3) is 0 Å². The molecule has 138 valence electrons. The van der Waals surface area contributed by atoms with Crippen molar-refractivity contribution in [3.8, 4) is 11.4 Å². The van der Waals surface area contributed by atoms with E-state index in [0.717, 1.165) is 24.0 Å². The van der Waals surface area contributed by atoms with Crippen molar-refractivity contribution in [2.45, 2.75) is 32.4 Å². The van der Waals surface area contributed by atoms with Crippen LogP contribution in [0.1, 0.15) is 30.0 Å². The molecule has 1 aliphatic rings. The maximum atomic E-state index is 12.7. The van der Waals surface area contributed by atoms with Gasteiger partial charge in [0, 0.05) is 5.56 Å². The molecule has 0 spiro atoms. The van der Waals surface area contributed by atoms with Crippen LogP contribution in [-0.4, -0.2) is 15.6 Å². The first-order valence-corrected chi connectivity index (χ1v) is 9.09. The van der Waals surface area contributed by atoms with Gasteiger partial charge in [-0.05, 0) is 31.2 Å². The highest BCUT2D eigenvalue weighted by Gasteiger charge is 2.33. The lowest BCUT2D eigenvalue weighted by Gasteiger charge is -2.19. The Bertz CT molecular complexity index is 986. The third kappa shape index (κ3) is 3.84. The van der Waals surface area contributed by atoms with Crippen LogP contribution in [-0.2, 0) is 11.3 Å². The summed E-state index contributed by atoms with van der Waals surface area (Å²) >= 11 is 0. The van der Waals surface area contributed by atoms with E-state index in [-0.39, 0.29) is 18.5 Å². The number of nitrogens with one attached hydrogen (secondary N) is 1. The zero-order valence-corrected chi connectivity index (χ0v) is 15.1. The molecule has 1 N–H and O–H groups in total. The summed E-state index contributed by atoms with van der Waals surface area (Å²) in [6.07, 6.45) is 2.20. The van der Waals surface area contributed by atoms with Gasteiger partial charge in [-0.1, -0.05) is 65.3 Å². The van der Waals surface area contributed by atoms with E-state index in [2.05, 4.69) is 34.7 Å². The van der Waals surface area contributed by atoms with E-state index in [1.165, 1.54) is 10.1 Å². The lowest BCUT2D eigenvalue weighted by Crippen LogP contribution is -2.35. The van der Waals surface area contributed by atoms with E-state index in [9.17, 15) is 9.59 Å². The average Bonchev–Trinajstić information content (AvgIpc) is 3.46. The van der Waals surface area contributed by atoms with Gasteiger partial charge in [0.1, 0.15) is 6.54 Å². The van der Waals surface area contributed by atoms with Gasteiger partial charge < -0.3 is 5.32 Å². The van der Waals surface area contributed by atoms with Crippen LogP contribution in [0.15, 0.2) is 63.9 Å². The molecule has 1 amide bonds. The molecule has 3 aromatic rings. The van der Waals surface area contributed by atoms with E-state index >= 15 is 0 Å². The normalized spacial score (nSPS) is 14.7. The van der Waals surface area contributed by atoms with Crippen LogP contribution >= 0.6 is 0 Å². The first kappa shape index (κ1) is 17.3. The second-order valence-electron chi connectivity index (χ2n) is 7.02. The van der Waals surface area contributed by atoms with Gasteiger partial charge in [-0.3, -0.25) is 9.32 Å². The summed E-state index contributed by atoms with van der Waals surface area (Å²) in [7, 11) is 0. The molecular weight excluding hydrogens is 342 g/mol. The summed E-state index contributed by atoms with van der Waals surface area (Å²) in [6, 6.07) is 17.4. The monoisotopic (exact) mass is 363 g/mol. The lowest BCUT2D eigenvalue weighted by atomic mass is 10.0. The Morgan fingerprint density at radius 3 is 2.56 bits per heavy atom. The van der Waals surface area contributed by atoms with Gasteiger partial charge >= 0.3 is 5.76 Å². The fraction of sp³-hybridized carbons (Fsp3) is 0.286. The highest BCUT2D eigenvalue weighted by molar-refractivity contribution is 5.77. The summed E-state index contributed by atoms with van der Waals surface area (Å²) in [4.78, 5) is 24.7. The number of hydrogen-bond acceptors (Lipinski definition) is 4. The van der Waals surface area contributed by atoms with Gasteiger partial charge in [-0.2, -0.15) is 0 Å². The molecule has 27 heavy (non-hydrogen) atoms. The van der Waals surface area contributed by atoms with Crippen molar-refractivity contribution in [2.24, 2.45) is 5.92 Å². The third-order valence-corrected chi connectivity index (χ3v) is 4.87. The second kappa shape index (κ2) is 7.23. The molecule has 1 aromatic heterocycles. The number of carbonyl (C=O) groups excluding carboxylic acids is 1. The van der Waals surface area contributed by atoms with Crippen molar-refractivity contribution in [2.75, 3.05) is 0 Å². The van der Waals surface area contributed by atoms with Crippen molar-refractivity contribution in [1.82, 2.24) is 15.0 Å². The molecule has 0 radical (unpaired) electrons. The average molecular weight is 363 g/mol. The van der Waals surface area contributed by atoms with Crippen LogP contribution < -0.4 is 11.1 Å². The van der Waals surface area contributed by atoms with Crippen LogP contribution in [0.2, 0.25) is 0 Å². The number of nitrogens with zero attached hydrogens (tertiary/aromatic N) is 2. The van der Waals surface area contributed by atoms with Crippen LogP contribution in [0.4, 0.5) is 0 Å². The minimum absolute atomic E-state index is 0.0335. The Balaban J connectivity index is 1.53. The molecule has 0 aliphatic heterocycles. The van der Waals surface area contributed by atoms with Gasteiger partial charge in [-0.25, -0.2) is 9.36 Å². The molecular formula is C21H21N3O3. The molecule has 0 bridgehead atoms. The molecule has 1 atom stereocenters.